The quantitative estimate of drug-likeness (QED) is 0.320. The van der Waals surface area contributed by atoms with E-state index in [4.69, 9.17) is 27.9 Å². The molecule has 0 aliphatic heterocycles. The van der Waals surface area contributed by atoms with E-state index < -0.39 is 11.6 Å². The summed E-state index contributed by atoms with van der Waals surface area (Å²) in [4.78, 5) is 41.6. The molecule has 2 N–H and O–H groups in total. The lowest BCUT2D eigenvalue weighted by molar-refractivity contribution is -0.132. The summed E-state index contributed by atoms with van der Waals surface area (Å²) in [6, 6.07) is 21.0. The number of carbonyl (C=O) groups excluding carboxylic acids is 3. The first-order valence-corrected chi connectivity index (χ1v) is 14.0. The molecule has 3 aromatic carbocycles. The molecule has 0 bridgehead atoms. The number of carbonyl (C=O) groups is 3. The van der Waals surface area contributed by atoms with E-state index in [9.17, 15) is 14.4 Å². The minimum absolute atomic E-state index is 0.235. The third kappa shape index (κ3) is 6.60. The summed E-state index contributed by atoms with van der Waals surface area (Å²) in [6.07, 6.45) is 3.42. The first-order valence-electron chi connectivity index (χ1n) is 13.3. The highest BCUT2D eigenvalue weighted by Crippen LogP contribution is 2.39. The second kappa shape index (κ2) is 13.2. The summed E-state index contributed by atoms with van der Waals surface area (Å²) in [5, 5.41) is 6.93. The fraction of sp³-hybridized carbons (Fsp3) is 0.323. The van der Waals surface area contributed by atoms with Gasteiger partial charge >= 0.3 is 0 Å². The van der Waals surface area contributed by atoms with E-state index in [1.54, 1.807) is 54.5 Å². The summed E-state index contributed by atoms with van der Waals surface area (Å²) < 4.78 is 5.32. The molecule has 1 fully saturated rings. The number of amides is 3. The molecule has 7 nitrogen and oxygen atoms in total. The number of methoxy groups -OCH3 is 1. The van der Waals surface area contributed by atoms with Crippen LogP contribution in [0.3, 0.4) is 0 Å². The number of anilines is 1. The molecule has 3 amide bonds. The third-order valence-corrected chi connectivity index (χ3v) is 7.89. The SMILES string of the molecule is COc1ccc(N(C(=O)CNC(C)=O)C2(C(=O)N[C@H](c3ccc(Cl)cc3)c3ccccc3Cl)CCCCC2)cc1. The van der Waals surface area contributed by atoms with Crippen molar-refractivity contribution >= 4 is 46.6 Å². The van der Waals surface area contributed by atoms with Crippen molar-refractivity contribution < 1.29 is 19.1 Å². The fourth-order valence-corrected chi connectivity index (χ4v) is 5.67. The molecule has 9 heteroatoms. The third-order valence-electron chi connectivity index (χ3n) is 7.29. The number of nitrogens with zero attached hydrogens (tertiary/aromatic N) is 1. The maximum Gasteiger partial charge on any atom is 0.247 e. The topological polar surface area (TPSA) is 87.7 Å². The maximum absolute atomic E-state index is 14.5. The van der Waals surface area contributed by atoms with Crippen molar-refractivity contribution in [1.82, 2.24) is 10.6 Å². The van der Waals surface area contributed by atoms with Crippen molar-refractivity contribution in [1.29, 1.82) is 0 Å². The van der Waals surface area contributed by atoms with Gasteiger partial charge in [0.25, 0.3) is 0 Å². The van der Waals surface area contributed by atoms with Crippen LogP contribution in [-0.2, 0) is 14.4 Å². The monoisotopic (exact) mass is 581 g/mol. The summed E-state index contributed by atoms with van der Waals surface area (Å²) in [5.74, 6) is -0.370. The molecule has 1 aliphatic rings. The first kappa shape index (κ1) is 29.4. The van der Waals surface area contributed by atoms with Crippen LogP contribution in [-0.4, -0.2) is 36.9 Å². The summed E-state index contributed by atoms with van der Waals surface area (Å²) in [7, 11) is 1.57. The number of hydrogen-bond donors (Lipinski definition) is 2. The number of halogens is 2. The minimum atomic E-state index is -1.19. The predicted octanol–water partition coefficient (Wildman–Crippen LogP) is 6.08. The Morgan fingerprint density at radius 2 is 1.57 bits per heavy atom. The molecular weight excluding hydrogens is 549 g/mol. The van der Waals surface area contributed by atoms with E-state index >= 15 is 0 Å². The molecule has 4 rings (SSSR count). The van der Waals surface area contributed by atoms with Crippen LogP contribution < -0.4 is 20.3 Å². The fourth-order valence-electron chi connectivity index (χ4n) is 5.30. The number of hydrogen-bond acceptors (Lipinski definition) is 4. The Morgan fingerprint density at radius 1 is 0.925 bits per heavy atom. The Hall–Kier alpha value is -3.55. The van der Waals surface area contributed by atoms with Crippen molar-refractivity contribution in [2.75, 3.05) is 18.6 Å². The van der Waals surface area contributed by atoms with E-state index in [2.05, 4.69) is 10.6 Å². The number of benzene rings is 3. The highest BCUT2D eigenvalue weighted by Gasteiger charge is 2.48. The zero-order chi connectivity index (χ0) is 28.7. The Balaban J connectivity index is 1.79. The molecule has 40 heavy (non-hydrogen) atoms. The lowest BCUT2D eigenvalue weighted by Crippen LogP contribution is -2.63. The van der Waals surface area contributed by atoms with Gasteiger partial charge in [-0.3, -0.25) is 19.3 Å². The molecule has 1 saturated carbocycles. The van der Waals surface area contributed by atoms with Crippen LogP contribution in [0.5, 0.6) is 5.75 Å². The molecule has 0 saturated heterocycles. The van der Waals surface area contributed by atoms with Gasteiger partial charge in [0.15, 0.2) is 0 Å². The molecule has 1 aliphatic carbocycles. The zero-order valence-corrected chi connectivity index (χ0v) is 24.1. The number of ether oxygens (including phenoxy) is 1. The normalized spacial score (nSPS) is 15.0. The second-order valence-electron chi connectivity index (χ2n) is 9.91. The molecule has 3 aromatic rings. The average Bonchev–Trinajstić information content (AvgIpc) is 2.96. The molecular formula is C31H33Cl2N3O4. The van der Waals surface area contributed by atoms with E-state index in [0.717, 1.165) is 30.4 Å². The van der Waals surface area contributed by atoms with Crippen molar-refractivity contribution in [3.8, 4) is 5.75 Å². The lowest BCUT2D eigenvalue weighted by atomic mass is 9.78. The van der Waals surface area contributed by atoms with Gasteiger partial charge in [-0.2, -0.15) is 0 Å². The number of rotatable bonds is 9. The standard InChI is InChI=1S/C31H33Cl2N3O4/c1-21(37)34-20-28(38)36(24-14-16-25(40-2)17-15-24)31(18-6-3-7-19-31)30(39)35-29(22-10-12-23(32)13-11-22)26-8-4-5-9-27(26)33/h4-5,8-17,29H,3,6-7,18-20H2,1-2H3,(H,34,37)(H,35,39)/t29-/m1/s1. The second-order valence-corrected chi connectivity index (χ2v) is 10.8. The molecule has 1 atom stereocenters. The highest BCUT2D eigenvalue weighted by atomic mass is 35.5. The summed E-state index contributed by atoms with van der Waals surface area (Å²) in [6.45, 7) is 1.12. The van der Waals surface area contributed by atoms with Gasteiger partial charge in [0.05, 0.1) is 19.7 Å². The van der Waals surface area contributed by atoms with Crippen LogP contribution >= 0.6 is 23.2 Å². The lowest BCUT2D eigenvalue weighted by Gasteiger charge is -2.45. The molecule has 0 spiro atoms. The molecule has 0 heterocycles. The maximum atomic E-state index is 14.5. The minimum Gasteiger partial charge on any atom is -0.497 e. The van der Waals surface area contributed by atoms with Gasteiger partial charge in [-0.1, -0.05) is 72.8 Å². The Kier molecular flexibility index (Phi) is 9.71. The van der Waals surface area contributed by atoms with Gasteiger partial charge in [0.1, 0.15) is 11.3 Å². The smallest absolute Gasteiger partial charge is 0.247 e. The highest BCUT2D eigenvalue weighted by molar-refractivity contribution is 6.31. The van der Waals surface area contributed by atoms with Gasteiger partial charge in [0, 0.05) is 22.7 Å². The number of nitrogens with one attached hydrogen (secondary N) is 2. The molecule has 0 aromatic heterocycles. The van der Waals surface area contributed by atoms with Gasteiger partial charge in [-0.25, -0.2) is 0 Å². The molecule has 210 valence electrons. The Labute approximate surface area is 244 Å². The van der Waals surface area contributed by atoms with Crippen molar-refractivity contribution in [2.45, 2.75) is 50.6 Å². The van der Waals surface area contributed by atoms with E-state index in [1.807, 2.05) is 30.3 Å². The van der Waals surface area contributed by atoms with Crippen LogP contribution in [0.1, 0.15) is 56.2 Å². The van der Waals surface area contributed by atoms with Gasteiger partial charge in [0.2, 0.25) is 17.7 Å². The predicted molar refractivity (Wildman–Crippen MR) is 158 cm³/mol. The van der Waals surface area contributed by atoms with Gasteiger partial charge in [-0.05, 0) is 66.4 Å². The van der Waals surface area contributed by atoms with Gasteiger partial charge in [-0.15, -0.1) is 0 Å². The van der Waals surface area contributed by atoms with Crippen LogP contribution in [0.15, 0.2) is 72.8 Å². The molecule has 0 unspecified atom stereocenters. The van der Waals surface area contributed by atoms with Crippen LogP contribution in [0, 0.1) is 0 Å². The van der Waals surface area contributed by atoms with Crippen LogP contribution in [0.25, 0.3) is 0 Å². The van der Waals surface area contributed by atoms with E-state index in [0.29, 0.717) is 34.3 Å². The summed E-state index contributed by atoms with van der Waals surface area (Å²) >= 11 is 12.8. The van der Waals surface area contributed by atoms with Crippen LogP contribution in [0.4, 0.5) is 5.69 Å². The van der Waals surface area contributed by atoms with E-state index in [-0.39, 0.29) is 24.3 Å². The zero-order valence-electron chi connectivity index (χ0n) is 22.6. The van der Waals surface area contributed by atoms with Crippen molar-refractivity contribution in [3.63, 3.8) is 0 Å². The first-order chi connectivity index (χ1) is 19.2. The van der Waals surface area contributed by atoms with Crippen molar-refractivity contribution in [3.05, 3.63) is 94.0 Å². The average molecular weight is 583 g/mol. The van der Waals surface area contributed by atoms with E-state index in [1.165, 1.54) is 6.92 Å². The van der Waals surface area contributed by atoms with Crippen LogP contribution in [0.2, 0.25) is 10.0 Å². The summed E-state index contributed by atoms with van der Waals surface area (Å²) in [5.41, 5.74) is 0.895. The molecule has 0 radical (unpaired) electrons. The van der Waals surface area contributed by atoms with Gasteiger partial charge < -0.3 is 15.4 Å². The van der Waals surface area contributed by atoms with Crippen molar-refractivity contribution in [2.24, 2.45) is 0 Å². The Morgan fingerprint density at radius 3 is 2.17 bits per heavy atom. The largest absolute Gasteiger partial charge is 0.497 e. The Bertz CT molecular complexity index is 1340.